The summed E-state index contributed by atoms with van der Waals surface area (Å²) in [5.41, 5.74) is 1.62. The van der Waals surface area contributed by atoms with Crippen molar-refractivity contribution in [1.82, 2.24) is 19.4 Å². The monoisotopic (exact) mass is 502 g/mol. The van der Waals surface area contributed by atoms with Crippen LogP contribution in [0.2, 0.25) is 0 Å². The molecule has 2 fully saturated rings. The van der Waals surface area contributed by atoms with Crippen LogP contribution < -0.4 is 0 Å². The van der Waals surface area contributed by atoms with Crippen molar-refractivity contribution in [3.05, 3.63) is 52.6 Å². The summed E-state index contributed by atoms with van der Waals surface area (Å²) < 4.78 is 37.5. The van der Waals surface area contributed by atoms with Crippen LogP contribution >= 0.6 is 0 Å². The Morgan fingerprint density at radius 2 is 1.94 bits per heavy atom. The molecule has 1 aliphatic carbocycles. The zero-order valence-corrected chi connectivity index (χ0v) is 21.7. The summed E-state index contributed by atoms with van der Waals surface area (Å²) in [6.45, 7) is 11.5. The van der Waals surface area contributed by atoms with E-state index in [9.17, 15) is 18.7 Å². The van der Waals surface area contributed by atoms with E-state index in [-0.39, 0.29) is 11.6 Å². The first-order chi connectivity index (χ1) is 17.0. The van der Waals surface area contributed by atoms with E-state index in [1.807, 2.05) is 20.8 Å². The Hall–Kier alpha value is -2.52. The lowest BCUT2D eigenvalue weighted by Crippen LogP contribution is -2.58. The van der Waals surface area contributed by atoms with Gasteiger partial charge in [-0.3, -0.25) is 9.80 Å². The molecular formula is C27H36F2N4O3. The molecule has 1 N–H and O–H groups in total. The van der Waals surface area contributed by atoms with Gasteiger partial charge in [0.1, 0.15) is 23.6 Å². The van der Waals surface area contributed by atoms with Gasteiger partial charge in [-0.25, -0.2) is 18.6 Å². The standard InChI is InChI=1S/C27H36F2N4O3/c1-15(2)32-23-13-31(12-21(23)30-25(32)16-6-7-16)18-11-22(33(26(34)35)27(3,4)5)24(36-14-18)19-10-17(28)8-9-20(19)29/h8-10,15-16,18,22,24H,6-7,11-14H2,1-5H3,(H,34,35)/t18-,22+,24-/m1/s1. The van der Waals surface area contributed by atoms with Crippen molar-refractivity contribution in [2.24, 2.45) is 0 Å². The molecule has 1 amide bonds. The summed E-state index contributed by atoms with van der Waals surface area (Å²) in [7, 11) is 0. The molecule has 0 spiro atoms. The highest BCUT2D eigenvalue weighted by Gasteiger charge is 2.46. The Labute approximate surface area is 211 Å². The minimum absolute atomic E-state index is 0.0562. The molecule has 9 heteroatoms. The van der Waals surface area contributed by atoms with E-state index < -0.39 is 35.4 Å². The zero-order valence-electron chi connectivity index (χ0n) is 21.7. The van der Waals surface area contributed by atoms with Crippen LogP contribution in [0.4, 0.5) is 13.6 Å². The van der Waals surface area contributed by atoms with Gasteiger partial charge in [0.2, 0.25) is 0 Å². The van der Waals surface area contributed by atoms with E-state index in [2.05, 4.69) is 23.3 Å². The van der Waals surface area contributed by atoms with Crippen molar-refractivity contribution in [2.45, 2.75) is 103 Å². The van der Waals surface area contributed by atoms with Crippen LogP contribution in [0.15, 0.2) is 18.2 Å². The number of nitrogens with zero attached hydrogens (tertiary/aromatic N) is 4. The van der Waals surface area contributed by atoms with Crippen LogP contribution in [0.5, 0.6) is 0 Å². The van der Waals surface area contributed by atoms with E-state index in [0.717, 1.165) is 30.4 Å². The van der Waals surface area contributed by atoms with Crippen molar-refractivity contribution in [3.63, 3.8) is 0 Å². The van der Waals surface area contributed by atoms with Gasteiger partial charge in [0.15, 0.2) is 0 Å². The Morgan fingerprint density at radius 3 is 2.56 bits per heavy atom. The topological polar surface area (TPSA) is 70.8 Å². The number of imidazole rings is 1. The van der Waals surface area contributed by atoms with Gasteiger partial charge in [0, 0.05) is 42.2 Å². The summed E-state index contributed by atoms with van der Waals surface area (Å²) in [5.74, 6) is 0.581. The number of amides is 1. The number of ether oxygens (including phenoxy) is 1. The fourth-order valence-corrected chi connectivity index (χ4v) is 5.98. The Kier molecular flexibility index (Phi) is 6.35. The second kappa shape index (κ2) is 9.10. The van der Waals surface area contributed by atoms with Crippen LogP contribution in [0.3, 0.4) is 0 Å². The molecule has 0 radical (unpaired) electrons. The highest BCUT2D eigenvalue weighted by molar-refractivity contribution is 5.66. The van der Waals surface area contributed by atoms with Gasteiger partial charge in [0.05, 0.1) is 24.0 Å². The average Bonchev–Trinajstić information content (AvgIpc) is 3.44. The van der Waals surface area contributed by atoms with Crippen LogP contribution in [-0.4, -0.2) is 54.8 Å². The number of fused-ring (bicyclic) bond motifs is 1. The van der Waals surface area contributed by atoms with Crippen molar-refractivity contribution >= 4 is 6.09 Å². The quantitative estimate of drug-likeness (QED) is 0.575. The number of rotatable bonds is 5. The van der Waals surface area contributed by atoms with Gasteiger partial charge in [0.25, 0.3) is 0 Å². The normalized spacial score (nSPS) is 24.8. The number of benzene rings is 1. The third-order valence-corrected chi connectivity index (χ3v) is 7.66. The maximum atomic E-state index is 14.8. The maximum absolute atomic E-state index is 14.8. The van der Waals surface area contributed by atoms with Crippen LogP contribution in [0.25, 0.3) is 0 Å². The third kappa shape index (κ3) is 4.52. The second-order valence-corrected chi connectivity index (χ2v) is 11.7. The molecule has 7 nitrogen and oxygen atoms in total. The van der Waals surface area contributed by atoms with E-state index >= 15 is 0 Å². The van der Waals surface area contributed by atoms with Crippen LogP contribution in [-0.2, 0) is 17.8 Å². The predicted molar refractivity (Wildman–Crippen MR) is 131 cm³/mol. The lowest BCUT2D eigenvalue weighted by molar-refractivity contribution is -0.103. The molecule has 1 saturated heterocycles. The lowest BCUT2D eigenvalue weighted by Gasteiger charge is -2.48. The molecule has 3 aliphatic rings. The molecule has 1 saturated carbocycles. The van der Waals surface area contributed by atoms with Gasteiger partial charge in [-0.05, 0) is 72.1 Å². The predicted octanol–water partition coefficient (Wildman–Crippen LogP) is 5.61. The van der Waals surface area contributed by atoms with Gasteiger partial charge in [-0.2, -0.15) is 0 Å². The first kappa shape index (κ1) is 25.1. The van der Waals surface area contributed by atoms with Gasteiger partial charge in [-0.15, -0.1) is 0 Å². The number of halogens is 2. The van der Waals surface area contributed by atoms with Gasteiger partial charge >= 0.3 is 6.09 Å². The Balaban J connectivity index is 1.44. The number of hydrogen-bond donors (Lipinski definition) is 1. The summed E-state index contributed by atoms with van der Waals surface area (Å²) in [6.07, 6.45) is 0.832. The molecule has 1 aromatic carbocycles. The lowest BCUT2D eigenvalue weighted by atomic mass is 9.88. The van der Waals surface area contributed by atoms with E-state index in [1.54, 1.807) is 0 Å². The minimum atomic E-state index is -1.11. The first-order valence-electron chi connectivity index (χ1n) is 12.9. The molecule has 36 heavy (non-hydrogen) atoms. The average molecular weight is 503 g/mol. The molecule has 196 valence electrons. The maximum Gasteiger partial charge on any atom is 0.408 e. The number of hydrogen-bond acceptors (Lipinski definition) is 4. The minimum Gasteiger partial charge on any atom is -0.465 e. The number of carboxylic acid groups (broad SMARTS) is 1. The van der Waals surface area contributed by atoms with Crippen molar-refractivity contribution in [3.8, 4) is 0 Å². The third-order valence-electron chi connectivity index (χ3n) is 7.66. The van der Waals surface area contributed by atoms with E-state index in [1.165, 1.54) is 29.3 Å². The fraction of sp³-hybridized carbons (Fsp3) is 0.630. The molecule has 3 atom stereocenters. The second-order valence-electron chi connectivity index (χ2n) is 11.7. The number of carbonyl (C=O) groups is 1. The van der Waals surface area contributed by atoms with E-state index in [0.29, 0.717) is 31.5 Å². The highest BCUT2D eigenvalue weighted by atomic mass is 19.1. The molecule has 3 heterocycles. The van der Waals surface area contributed by atoms with Gasteiger partial charge < -0.3 is 14.4 Å². The molecular weight excluding hydrogens is 466 g/mol. The number of aromatic nitrogens is 2. The molecule has 0 bridgehead atoms. The fourth-order valence-electron chi connectivity index (χ4n) is 5.98. The summed E-state index contributed by atoms with van der Waals surface area (Å²) in [5, 5.41) is 10.2. The molecule has 1 aromatic heterocycles. The Bertz CT molecular complexity index is 1150. The summed E-state index contributed by atoms with van der Waals surface area (Å²) >= 11 is 0. The zero-order chi connectivity index (χ0) is 25.9. The van der Waals surface area contributed by atoms with Crippen molar-refractivity contribution in [2.75, 3.05) is 6.61 Å². The summed E-state index contributed by atoms with van der Waals surface area (Å²) in [6, 6.07) is 2.81. The largest absolute Gasteiger partial charge is 0.465 e. The van der Waals surface area contributed by atoms with Gasteiger partial charge in [-0.1, -0.05) is 0 Å². The molecule has 0 unspecified atom stereocenters. The van der Waals surface area contributed by atoms with E-state index in [4.69, 9.17) is 9.72 Å². The SMILES string of the molecule is CC(C)n1c(C2CC2)nc2c1CN([C@H]1CO[C@H](c3cc(F)ccc3F)[C@@H](N(C(=O)O)C(C)(C)C)C1)C2. The highest BCUT2D eigenvalue weighted by Crippen LogP contribution is 2.44. The first-order valence-corrected chi connectivity index (χ1v) is 12.9. The Morgan fingerprint density at radius 1 is 1.22 bits per heavy atom. The molecule has 2 aliphatic heterocycles. The smallest absolute Gasteiger partial charge is 0.408 e. The summed E-state index contributed by atoms with van der Waals surface area (Å²) in [4.78, 5) is 21.1. The molecule has 2 aromatic rings. The van der Waals surface area contributed by atoms with Crippen LogP contribution in [0.1, 0.15) is 94.7 Å². The van der Waals surface area contributed by atoms with Crippen molar-refractivity contribution < 1.29 is 23.4 Å². The molecule has 5 rings (SSSR count). The van der Waals surface area contributed by atoms with Crippen LogP contribution in [0, 0.1) is 11.6 Å². The van der Waals surface area contributed by atoms with Crippen molar-refractivity contribution in [1.29, 1.82) is 0 Å².